The van der Waals surface area contributed by atoms with E-state index in [2.05, 4.69) is 41.5 Å². The molecule has 0 saturated carbocycles. The van der Waals surface area contributed by atoms with Crippen molar-refractivity contribution in [2.24, 2.45) is 0 Å². The molecule has 0 saturated heterocycles. The number of fused-ring (bicyclic) bond motifs is 1. The summed E-state index contributed by atoms with van der Waals surface area (Å²) in [5.74, 6) is 0.940. The van der Waals surface area contributed by atoms with Gasteiger partial charge >= 0.3 is 0 Å². The average molecular weight is 253 g/mol. The maximum absolute atomic E-state index is 4.76. The molecule has 3 heteroatoms. The van der Waals surface area contributed by atoms with Crippen LogP contribution in [0.5, 0.6) is 0 Å². The summed E-state index contributed by atoms with van der Waals surface area (Å²) in [5.41, 5.74) is 5.15. The lowest BCUT2D eigenvalue weighted by atomic mass is 10.1. The van der Waals surface area contributed by atoms with E-state index in [0.717, 1.165) is 38.2 Å². The Balaban J connectivity index is 1.86. The fourth-order valence-electron chi connectivity index (χ4n) is 2.53. The van der Waals surface area contributed by atoms with Crippen LogP contribution >= 0.6 is 0 Å². The van der Waals surface area contributed by atoms with Crippen LogP contribution in [0.2, 0.25) is 0 Å². The van der Waals surface area contributed by atoms with Gasteiger partial charge in [0.05, 0.1) is 0 Å². The number of aromatic nitrogens is 2. The van der Waals surface area contributed by atoms with E-state index in [9.17, 15) is 0 Å². The van der Waals surface area contributed by atoms with E-state index in [1.807, 2.05) is 6.20 Å². The second-order valence-corrected chi connectivity index (χ2v) is 5.11. The fraction of sp³-hybridized carbons (Fsp3) is 0.375. The summed E-state index contributed by atoms with van der Waals surface area (Å²) < 4.78 is 0. The van der Waals surface area contributed by atoms with Crippen LogP contribution in [0.3, 0.4) is 0 Å². The van der Waals surface area contributed by atoms with Crippen molar-refractivity contribution in [3.8, 4) is 0 Å². The van der Waals surface area contributed by atoms with E-state index < -0.39 is 0 Å². The summed E-state index contributed by atoms with van der Waals surface area (Å²) in [7, 11) is 0. The van der Waals surface area contributed by atoms with Gasteiger partial charge in [-0.25, -0.2) is 9.97 Å². The van der Waals surface area contributed by atoms with Gasteiger partial charge in [0.1, 0.15) is 5.82 Å². The summed E-state index contributed by atoms with van der Waals surface area (Å²) in [4.78, 5) is 9.29. The first-order valence-electron chi connectivity index (χ1n) is 6.92. The molecule has 1 aliphatic rings. The third-order valence-electron chi connectivity index (χ3n) is 3.72. The predicted molar refractivity (Wildman–Crippen MR) is 76.3 cm³/mol. The molecule has 1 aliphatic heterocycles. The van der Waals surface area contributed by atoms with Crippen LogP contribution in [0.15, 0.2) is 30.5 Å². The molecule has 0 aliphatic carbocycles. The molecule has 3 rings (SSSR count). The minimum atomic E-state index is 0.827. The van der Waals surface area contributed by atoms with E-state index in [-0.39, 0.29) is 0 Å². The first kappa shape index (κ1) is 12.3. The van der Waals surface area contributed by atoms with Gasteiger partial charge in [-0.3, -0.25) is 0 Å². The second-order valence-electron chi connectivity index (χ2n) is 5.11. The van der Waals surface area contributed by atoms with Crippen molar-refractivity contribution >= 4 is 0 Å². The maximum atomic E-state index is 4.76. The summed E-state index contributed by atoms with van der Waals surface area (Å²) in [6.45, 7) is 4.20. The van der Waals surface area contributed by atoms with E-state index in [4.69, 9.17) is 4.98 Å². The molecule has 0 unspecified atom stereocenters. The SMILES string of the molecule is Cc1ccccc1Cc1ncc2c(n1)CCNCC2. The monoisotopic (exact) mass is 253 g/mol. The van der Waals surface area contributed by atoms with E-state index in [0.29, 0.717) is 0 Å². The Hall–Kier alpha value is -1.74. The van der Waals surface area contributed by atoms with Gasteiger partial charge < -0.3 is 5.32 Å². The zero-order valence-electron chi connectivity index (χ0n) is 11.3. The van der Waals surface area contributed by atoms with Gasteiger partial charge in [0, 0.05) is 31.3 Å². The highest BCUT2D eigenvalue weighted by Gasteiger charge is 2.11. The van der Waals surface area contributed by atoms with Crippen LogP contribution in [0, 0.1) is 6.92 Å². The van der Waals surface area contributed by atoms with Crippen molar-refractivity contribution < 1.29 is 0 Å². The smallest absolute Gasteiger partial charge is 0.132 e. The molecule has 2 aromatic rings. The Morgan fingerprint density at radius 1 is 1.16 bits per heavy atom. The van der Waals surface area contributed by atoms with Crippen molar-refractivity contribution in [3.63, 3.8) is 0 Å². The number of nitrogens with zero attached hydrogens (tertiary/aromatic N) is 2. The molecule has 19 heavy (non-hydrogen) atoms. The highest BCUT2D eigenvalue weighted by atomic mass is 14.9. The van der Waals surface area contributed by atoms with Crippen molar-refractivity contribution in [2.75, 3.05) is 13.1 Å². The van der Waals surface area contributed by atoms with Crippen molar-refractivity contribution in [1.82, 2.24) is 15.3 Å². The van der Waals surface area contributed by atoms with Crippen LogP contribution in [0.25, 0.3) is 0 Å². The van der Waals surface area contributed by atoms with Crippen LogP contribution in [0.4, 0.5) is 0 Å². The highest BCUT2D eigenvalue weighted by molar-refractivity contribution is 5.29. The Morgan fingerprint density at radius 3 is 2.89 bits per heavy atom. The Morgan fingerprint density at radius 2 is 2.00 bits per heavy atom. The summed E-state index contributed by atoms with van der Waals surface area (Å²) in [5, 5.41) is 3.40. The maximum Gasteiger partial charge on any atom is 0.132 e. The van der Waals surface area contributed by atoms with E-state index in [1.54, 1.807) is 0 Å². The molecule has 0 bridgehead atoms. The van der Waals surface area contributed by atoms with Crippen molar-refractivity contribution in [1.29, 1.82) is 0 Å². The Bertz CT molecular complexity index is 578. The molecule has 0 spiro atoms. The molecule has 2 heterocycles. The molecular weight excluding hydrogens is 234 g/mol. The van der Waals surface area contributed by atoms with Crippen molar-refractivity contribution in [3.05, 3.63) is 58.7 Å². The molecule has 98 valence electrons. The van der Waals surface area contributed by atoms with Crippen LogP contribution in [-0.2, 0) is 19.3 Å². The second kappa shape index (κ2) is 5.49. The lowest BCUT2D eigenvalue weighted by Crippen LogP contribution is -2.16. The molecular formula is C16H19N3. The van der Waals surface area contributed by atoms with Gasteiger partial charge in [-0.1, -0.05) is 24.3 Å². The van der Waals surface area contributed by atoms with E-state index >= 15 is 0 Å². The number of hydrogen-bond acceptors (Lipinski definition) is 3. The first-order valence-corrected chi connectivity index (χ1v) is 6.92. The minimum Gasteiger partial charge on any atom is -0.316 e. The van der Waals surface area contributed by atoms with Gasteiger partial charge in [-0.15, -0.1) is 0 Å². The molecule has 0 fully saturated rings. The summed E-state index contributed by atoms with van der Waals surface area (Å²) >= 11 is 0. The third kappa shape index (κ3) is 2.82. The van der Waals surface area contributed by atoms with Gasteiger partial charge in [-0.05, 0) is 36.6 Å². The number of rotatable bonds is 2. The van der Waals surface area contributed by atoms with Crippen molar-refractivity contribution in [2.45, 2.75) is 26.2 Å². The molecule has 1 aromatic carbocycles. The molecule has 0 atom stereocenters. The Kier molecular flexibility index (Phi) is 3.56. The lowest BCUT2D eigenvalue weighted by molar-refractivity contribution is 0.708. The number of aryl methyl sites for hydroxylation is 1. The van der Waals surface area contributed by atoms with Crippen LogP contribution in [-0.4, -0.2) is 23.1 Å². The van der Waals surface area contributed by atoms with E-state index in [1.165, 1.54) is 22.4 Å². The number of benzene rings is 1. The van der Waals surface area contributed by atoms with Gasteiger partial charge in [0.15, 0.2) is 0 Å². The summed E-state index contributed by atoms with van der Waals surface area (Å²) in [6, 6.07) is 8.45. The van der Waals surface area contributed by atoms with Crippen LogP contribution in [0.1, 0.15) is 28.2 Å². The Labute approximate surface area is 114 Å². The highest BCUT2D eigenvalue weighted by Crippen LogP contribution is 2.14. The molecule has 0 amide bonds. The number of nitrogens with one attached hydrogen (secondary N) is 1. The quantitative estimate of drug-likeness (QED) is 0.890. The standard InChI is InChI=1S/C16H19N3/c1-12-4-2-3-5-13(12)10-16-18-11-14-6-8-17-9-7-15(14)19-16/h2-5,11,17H,6-10H2,1H3. The van der Waals surface area contributed by atoms with Crippen LogP contribution < -0.4 is 5.32 Å². The number of hydrogen-bond donors (Lipinski definition) is 1. The van der Waals surface area contributed by atoms with Gasteiger partial charge in [0.25, 0.3) is 0 Å². The average Bonchev–Trinajstić information content (AvgIpc) is 2.66. The third-order valence-corrected chi connectivity index (χ3v) is 3.72. The van der Waals surface area contributed by atoms with Gasteiger partial charge in [0.2, 0.25) is 0 Å². The largest absolute Gasteiger partial charge is 0.316 e. The molecule has 1 aromatic heterocycles. The normalized spacial score (nSPS) is 14.8. The lowest BCUT2D eigenvalue weighted by Gasteiger charge is -2.08. The molecule has 1 N–H and O–H groups in total. The minimum absolute atomic E-state index is 0.827. The fourth-order valence-corrected chi connectivity index (χ4v) is 2.53. The van der Waals surface area contributed by atoms with Gasteiger partial charge in [-0.2, -0.15) is 0 Å². The first-order chi connectivity index (χ1) is 9.33. The molecule has 0 radical (unpaired) electrons. The topological polar surface area (TPSA) is 37.8 Å². The molecule has 3 nitrogen and oxygen atoms in total. The zero-order valence-corrected chi connectivity index (χ0v) is 11.3. The predicted octanol–water partition coefficient (Wildman–Crippen LogP) is 2.06. The summed E-state index contributed by atoms with van der Waals surface area (Å²) in [6.07, 6.45) is 4.90. The zero-order chi connectivity index (χ0) is 13.1.